The lowest BCUT2D eigenvalue weighted by atomic mass is 10.1. The van der Waals surface area contributed by atoms with Crippen molar-refractivity contribution in [3.8, 4) is 11.4 Å². The summed E-state index contributed by atoms with van der Waals surface area (Å²) in [6.07, 6.45) is 2.43. The van der Waals surface area contributed by atoms with Crippen LogP contribution in [0.4, 0.5) is 0 Å². The van der Waals surface area contributed by atoms with E-state index in [1.54, 1.807) is 17.4 Å². The summed E-state index contributed by atoms with van der Waals surface area (Å²) < 4.78 is 7.20. The van der Waals surface area contributed by atoms with Crippen LogP contribution >= 0.6 is 11.3 Å². The van der Waals surface area contributed by atoms with Gasteiger partial charge >= 0.3 is 0 Å². The zero-order valence-electron chi connectivity index (χ0n) is 12.8. The summed E-state index contributed by atoms with van der Waals surface area (Å²) in [7, 11) is 0. The Kier molecular flexibility index (Phi) is 3.96. The molecule has 0 fully saturated rings. The SMILES string of the molecule is O=C(COc1cccc(-n2cnnn2)c1)N1CCc2sccc2C1. The number of carbonyl (C=O) groups is 1. The Bertz CT molecular complexity index is 846. The van der Waals surface area contributed by atoms with Gasteiger partial charge in [0.25, 0.3) is 5.91 Å². The maximum Gasteiger partial charge on any atom is 0.260 e. The Labute approximate surface area is 142 Å². The van der Waals surface area contributed by atoms with Gasteiger partial charge in [-0.2, -0.15) is 0 Å². The van der Waals surface area contributed by atoms with E-state index in [2.05, 4.69) is 27.0 Å². The van der Waals surface area contributed by atoms with E-state index in [1.165, 1.54) is 21.4 Å². The van der Waals surface area contributed by atoms with Gasteiger partial charge in [0.15, 0.2) is 6.61 Å². The number of ether oxygens (including phenoxy) is 1. The van der Waals surface area contributed by atoms with Gasteiger partial charge in [0.2, 0.25) is 0 Å². The van der Waals surface area contributed by atoms with Gasteiger partial charge in [0, 0.05) is 24.0 Å². The summed E-state index contributed by atoms with van der Waals surface area (Å²) in [4.78, 5) is 15.6. The van der Waals surface area contributed by atoms with Crippen molar-refractivity contribution in [2.45, 2.75) is 13.0 Å². The number of tetrazole rings is 1. The monoisotopic (exact) mass is 341 g/mol. The predicted molar refractivity (Wildman–Crippen MR) is 88.1 cm³/mol. The first-order chi connectivity index (χ1) is 11.8. The molecule has 4 rings (SSSR count). The molecule has 3 heterocycles. The molecule has 0 saturated carbocycles. The van der Waals surface area contributed by atoms with Gasteiger partial charge < -0.3 is 9.64 Å². The lowest BCUT2D eigenvalue weighted by molar-refractivity contribution is -0.134. The Morgan fingerprint density at radius 2 is 2.29 bits per heavy atom. The molecule has 0 saturated heterocycles. The van der Waals surface area contributed by atoms with Crippen molar-refractivity contribution in [3.63, 3.8) is 0 Å². The van der Waals surface area contributed by atoms with E-state index in [0.29, 0.717) is 12.3 Å². The van der Waals surface area contributed by atoms with Gasteiger partial charge in [-0.15, -0.1) is 16.4 Å². The number of aromatic nitrogens is 4. The molecule has 1 amide bonds. The Balaban J connectivity index is 1.39. The molecule has 1 aliphatic rings. The van der Waals surface area contributed by atoms with Gasteiger partial charge in [0.05, 0.1) is 5.69 Å². The molecule has 1 aliphatic heterocycles. The van der Waals surface area contributed by atoms with Gasteiger partial charge in [-0.05, 0) is 46.0 Å². The van der Waals surface area contributed by atoms with E-state index in [9.17, 15) is 4.79 Å². The third kappa shape index (κ3) is 3.00. The van der Waals surface area contributed by atoms with E-state index in [0.717, 1.165) is 18.7 Å². The standard InChI is InChI=1S/C16H15N5O2S/c22-16(20-6-4-15-12(9-20)5-7-24-15)10-23-14-3-1-2-13(8-14)21-11-17-18-19-21/h1-3,5,7-8,11H,4,6,9-10H2. The molecule has 2 aromatic heterocycles. The molecule has 0 atom stereocenters. The average molecular weight is 341 g/mol. The third-order valence-corrected chi connectivity index (χ3v) is 4.98. The average Bonchev–Trinajstić information content (AvgIpc) is 3.30. The molecular formula is C16H15N5O2S. The van der Waals surface area contributed by atoms with Crippen LogP contribution in [-0.2, 0) is 17.8 Å². The summed E-state index contributed by atoms with van der Waals surface area (Å²) in [5, 5.41) is 13.1. The minimum Gasteiger partial charge on any atom is -0.484 e. The van der Waals surface area contributed by atoms with Crippen LogP contribution in [0.1, 0.15) is 10.4 Å². The molecule has 24 heavy (non-hydrogen) atoms. The van der Waals surface area contributed by atoms with Gasteiger partial charge in [-0.25, -0.2) is 4.68 Å². The van der Waals surface area contributed by atoms with Crippen molar-refractivity contribution in [3.05, 3.63) is 52.5 Å². The van der Waals surface area contributed by atoms with Gasteiger partial charge in [-0.1, -0.05) is 6.07 Å². The fourth-order valence-corrected chi connectivity index (χ4v) is 3.58. The molecule has 122 valence electrons. The molecule has 0 spiro atoms. The zero-order valence-corrected chi connectivity index (χ0v) is 13.6. The number of benzene rings is 1. The van der Waals surface area contributed by atoms with E-state index in [-0.39, 0.29) is 12.5 Å². The highest BCUT2D eigenvalue weighted by Crippen LogP contribution is 2.24. The van der Waals surface area contributed by atoms with Crippen molar-refractivity contribution in [1.29, 1.82) is 0 Å². The van der Waals surface area contributed by atoms with Crippen molar-refractivity contribution < 1.29 is 9.53 Å². The summed E-state index contributed by atoms with van der Waals surface area (Å²) in [5.74, 6) is 0.615. The second-order valence-electron chi connectivity index (χ2n) is 5.47. The van der Waals surface area contributed by atoms with Crippen molar-refractivity contribution in [2.75, 3.05) is 13.2 Å². The second kappa shape index (κ2) is 6.40. The zero-order chi connectivity index (χ0) is 16.4. The number of hydrogen-bond acceptors (Lipinski definition) is 6. The number of carbonyl (C=O) groups excluding carboxylic acids is 1. The predicted octanol–water partition coefficient (Wildman–Crippen LogP) is 1.69. The van der Waals surface area contributed by atoms with E-state index < -0.39 is 0 Å². The first-order valence-corrected chi connectivity index (χ1v) is 8.47. The highest BCUT2D eigenvalue weighted by molar-refractivity contribution is 7.10. The molecule has 0 aliphatic carbocycles. The lowest BCUT2D eigenvalue weighted by Gasteiger charge is -2.27. The number of hydrogen-bond donors (Lipinski definition) is 0. The molecule has 0 radical (unpaired) electrons. The smallest absolute Gasteiger partial charge is 0.260 e. The Hall–Kier alpha value is -2.74. The number of fused-ring (bicyclic) bond motifs is 1. The van der Waals surface area contributed by atoms with Gasteiger partial charge in [0.1, 0.15) is 12.1 Å². The topological polar surface area (TPSA) is 73.1 Å². The van der Waals surface area contributed by atoms with Crippen molar-refractivity contribution in [1.82, 2.24) is 25.1 Å². The summed E-state index contributed by atoms with van der Waals surface area (Å²) in [6.45, 7) is 1.45. The van der Waals surface area contributed by atoms with Crippen LogP contribution in [0.3, 0.4) is 0 Å². The van der Waals surface area contributed by atoms with E-state index >= 15 is 0 Å². The second-order valence-corrected chi connectivity index (χ2v) is 6.48. The van der Waals surface area contributed by atoms with Gasteiger partial charge in [-0.3, -0.25) is 4.79 Å². The number of thiophene rings is 1. The van der Waals surface area contributed by atoms with Crippen LogP contribution in [0.2, 0.25) is 0 Å². The van der Waals surface area contributed by atoms with Crippen LogP contribution in [0.5, 0.6) is 5.75 Å². The number of amides is 1. The Morgan fingerprint density at radius 3 is 3.17 bits per heavy atom. The van der Waals surface area contributed by atoms with Crippen molar-refractivity contribution in [2.24, 2.45) is 0 Å². The fraction of sp³-hybridized carbons (Fsp3) is 0.250. The summed E-state index contributed by atoms with van der Waals surface area (Å²) in [6, 6.07) is 9.42. The molecular weight excluding hydrogens is 326 g/mol. The molecule has 0 N–H and O–H groups in total. The van der Waals surface area contributed by atoms with Crippen LogP contribution in [0.25, 0.3) is 5.69 Å². The minimum atomic E-state index is -0.000300. The largest absolute Gasteiger partial charge is 0.484 e. The lowest BCUT2D eigenvalue weighted by Crippen LogP contribution is -2.38. The molecule has 0 bridgehead atoms. The van der Waals surface area contributed by atoms with E-state index in [4.69, 9.17) is 4.74 Å². The molecule has 0 unspecified atom stereocenters. The van der Waals surface area contributed by atoms with Crippen molar-refractivity contribution >= 4 is 17.2 Å². The maximum atomic E-state index is 12.4. The maximum absolute atomic E-state index is 12.4. The molecule has 8 heteroatoms. The molecule has 1 aromatic carbocycles. The number of nitrogens with zero attached hydrogens (tertiary/aromatic N) is 5. The normalized spacial score (nSPS) is 13.6. The van der Waals surface area contributed by atoms with Crippen LogP contribution < -0.4 is 4.74 Å². The Morgan fingerprint density at radius 1 is 1.33 bits per heavy atom. The van der Waals surface area contributed by atoms with Crippen LogP contribution in [-0.4, -0.2) is 44.2 Å². The number of rotatable bonds is 4. The minimum absolute atomic E-state index is 0.000300. The van der Waals surface area contributed by atoms with Crippen LogP contribution in [0, 0.1) is 0 Å². The first kappa shape index (κ1) is 14.8. The molecule has 3 aromatic rings. The highest BCUT2D eigenvalue weighted by atomic mass is 32.1. The highest BCUT2D eigenvalue weighted by Gasteiger charge is 2.21. The summed E-state index contributed by atoms with van der Waals surface area (Å²) in [5.41, 5.74) is 2.03. The summed E-state index contributed by atoms with van der Waals surface area (Å²) >= 11 is 1.76. The quantitative estimate of drug-likeness (QED) is 0.722. The van der Waals surface area contributed by atoms with E-state index in [1.807, 2.05) is 23.1 Å². The first-order valence-electron chi connectivity index (χ1n) is 7.59. The molecule has 7 nitrogen and oxygen atoms in total. The third-order valence-electron chi connectivity index (χ3n) is 3.95. The van der Waals surface area contributed by atoms with Crippen LogP contribution in [0.15, 0.2) is 42.0 Å². The fourth-order valence-electron chi connectivity index (χ4n) is 2.69.